The number of carbonyl (C=O) groups is 3. The van der Waals surface area contributed by atoms with Crippen LogP contribution in [0, 0.1) is 11.8 Å². The molecule has 2 atom stereocenters. The van der Waals surface area contributed by atoms with Gasteiger partial charge >= 0.3 is 5.97 Å². The first kappa shape index (κ1) is 9.95. The van der Waals surface area contributed by atoms with Crippen molar-refractivity contribution in [2.45, 2.75) is 6.42 Å². The summed E-state index contributed by atoms with van der Waals surface area (Å²) in [4.78, 5) is 39.4. The summed E-state index contributed by atoms with van der Waals surface area (Å²) in [7, 11) is 0. The molecule has 1 aromatic rings. The number of imide groups is 1. The van der Waals surface area contributed by atoms with Crippen molar-refractivity contribution in [2.24, 2.45) is 11.8 Å². The van der Waals surface area contributed by atoms with E-state index >= 15 is 0 Å². The lowest BCUT2D eigenvalue weighted by Crippen LogP contribution is -2.34. The van der Waals surface area contributed by atoms with Gasteiger partial charge in [0.05, 0.1) is 29.3 Å². The van der Waals surface area contributed by atoms with E-state index < -0.39 is 5.97 Å². The Bertz CT molecular complexity index is 534. The van der Waals surface area contributed by atoms with E-state index in [1.807, 2.05) is 0 Å². The first-order valence-corrected chi connectivity index (χ1v) is 5.16. The summed E-state index contributed by atoms with van der Waals surface area (Å²) in [5.41, 5.74) is -0.00907. The Morgan fingerprint density at radius 2 is 2.00 bits per heavy atom. The number of fused-ring (bicyclic) bond motifs is 1. The number of hydrogen-bond acceptors (Lipinski definition) is 4. The van der Waals surface area contributed by atoms with Crippen LogP contribution in [0.15, 0.2) is 18.5 Å². The summed E-state index contributed by atoms with van der Waals surface area (Å²) < 4.78 is 0. The molecule has 17 heavy (non-hydrogen) atoms. The topological polar surface area (TPSA) is 87.6 Å². The number of aromatic carboxylic acids is 1. The average Bonchev–Trinajstić information content (AvgIpc) is 3.05. The van der Waals surface area contributed by atoms with Crippen molar-refractivity contribution in [2.75, 3.05) is 4.90 Å². The zero-order chi connectivity index (χ0) is 12.2. The van der Waals surface area contributed by atoms with Gasteiger partial charge in [-0.05, 0) is 12.5 Å². The molecule has 86 valence electrons. The molecular formula is C11H8N2O4. The van der Waals surface area contributed by atoms with Gasteiger partial charge < -0.3 is 5.11 Å². The largest absolute Gasteiger partial charge is 0.478 e. The Morgan fingerprint density at radius 3 is 2.59 bits per heavy atom. The Balaban J connectivity index is 2.08. The highest BCUT2D eigenvalue weighted by Gasteiger charge is 2.59. The molecule has 1 saturated heterocycles. The first-order valence-electron chi connectivity index (χ1n) is 5.16. The summed E-state index contributed by atoms with van der Waals surface area (Å²) in [5.74, 6) is -2.29. The van der Waals surface area contributed by atoms with Crippen LogP contribution in [-0.4, -0.2) is 27.9 Å². The second-order valence-electron chi connectivity index (χ2n) is 4.16. The first-order chi connectivity index (χ1) is 8.11. The second kappa shape index (κ2) is 3.13. The number of carbonyl (C=O) groups excluding carboxylic acids is 2. The van der Waals surface area contributed by atoms with E-state index in [0.717, 1.165) is 4.90 Å². The summed E-state index contributed by atoms with van der Waals surface area (Å²) in [6.45, 7) is 0. The number of rotatable bonds is 2. The lowest BCUT2D eigenvalue weighted by Gasteiger charge is -2.17. The molecule has 1 aliphatic carbocycles. The van der Waals surface area contributed by atoms with Gasteiger partial charge in [0.1, 0.15) is 0 Å². The van der Waals surface area contributed by atoms with E-state index in [0.29, 0.717) is 6.42 Å². The molecule has 1 aliphatic heterocycles. The van der Waals surface area contributed by atoms with Gasteiger partial charge in [-0.25, -0.2) is 9.69 Å². The van der Waals surface area contributed by atoms with E-state index in [4.69, 9.17) is 5.11 Å². The fourth-order valence-corrected chi connectivity index (χ4v) is 2.16. The van der Waals surface area contributed by atoms with E-state index in [-0.39, 0.29) is 34.9 Å². The number of piperidine rings is 1. The molecule has 2 heterocycles. The van der Waals surface area contributed by atoms with Gasteiger partial charge in [-0.2, -0.15) is 0 Å². The molecule has 0 aromatic carbocycles. The molecular weight excluding hydrogens is 224 g/mol. The molecule has 2 fully saturated rings. The predicted octanol–water partition coefficient (Wildman–Crippen LogP) is 0.289. The third-order valence-corrected chi connectivity index (χ3v) is 3.14. The molecule has 3 rings (SSSR count). The molecule has 2 unspecified atom stereocenters. The maximum atomic E-state index is 11.8. The van der Waals surface area contributed by atoms with Crippen LogP contribution in [0.5, 0.6) is 0 Å². The Kier molecular flexibility index (Phi) is 1.83. The highest BCUT2D eigenvalue weighted by Crippen LogP contribution is 2.48. The van der Waals surface area contributed by atoms with Gasteiger partial charge in [0.15, 0.2) is 0 Å². The molecule has 2 aliphatic rings. The van der Waals surface area contributed by atoms with Crippen molar-refractivity contribution in [3.8, 4) is 0 Å². The van der Waals surface area contributed by atoms with Crippen LogP contribution in [0.4, 0.5) is 5.69 Å². The molecule has 2 amide bonds. The summed E-state index contributed by atoms with van der Waals surface area (Å²) >= 11 is 0. The summed E-state index contributed by atoms with van der Waals surface area (Å²) in [6, 6.07) is 1.28. The summed E-state index contributed by atoms with van der Waals surface area (Å²) in [6.07, 6.45) is 3.15. The average molecular weight is 232 g/mol. The van der Waals surface area contributed by atoms with Gasteiger partial charge in [-0.1, -0.05) is 0 Å². The molecule has 1 saturated carbocycles. The molecule has 0 spiro atoms. The number of amides is 2. The van der Waals surface area contributed by atoms with Crippen molar-refractivity contribution in [1.82, 2.24) is 4.98 Å². The molecule has 6 heteroatoms. The van der Waals surface area contributed by atoms with Crippen LogP contribution < -0.4 is 4.90 Å². The minimum absolute atomic E-state index is 0.0715. The van der Waals surface area contributed by atoms with Crippen LogP contribution in [0.3, 0.4) is 0 Å². The smallest absolute Gasteiger partial charge is 0.337 e. The van der Waals surface area contributed by atoms with E-state index in [1.165, 1.54) is 18.5 Å². The van der Waals surface area contributed by atoms with Gasteiger partial charge in [0, 0.05) is 6.20 Å². The van der Waals surface area contributed by atoms with Gasteiger partial charge in [0.25, 0.3) is 0 Å². The number of hydrogen-bond donors (Lipinski definition) is 1. The number of pyridine rings is 1. The number of nitrogens with zero attached hydrogens (tertiary/aromatic N) is 2. The highest BCUT2D eigenvalue weighted by atomic mass is 16.4. The van der Waals surface area contributed by atoms with Crippen molar-refractivity contribution in [1.29, 1.82) is 0 Å². The third-order valence-electron chi connectivity index (χ3n) is 3.14. The Morgan fingerprint density at radius 1 is 1.35 bits per heavy atom. The van der Waals surface area contributed by atoms with E-state index in [9.17, 15) is 14.4 Å². The van der Waals surface area contributed by atoms with Crippen molar-refractivity contribution < 1.29 is 19.5 Å². The predicted molar refractivity (Wildman–Crippen MR) is 55.3 cm³/mol. The van der Waals surface area contributed by atoms with Crippen LogP contribution in [0.25, 0.3) is 0 Å². The standard InChI is InChI=1S/C11H8N2O4/c14-9-6-3-7(6)10(15)13(9)8-4-12-2-1-5(8)11(16)17/h1-2,4,6-7H,3H2,(H,16,17). The lowest BCUT2D eigenvalue weighted by atomic mass is 10.2. The molecule has 6 nitrogen and oxygen atoms in total. The van der Waals surface area contributed by atoms with Crippen LogP contribution in [0.2, 0.25) is 0 Å². The number of aromatic nitrogens is 1. The van der Waals surface area contributed by atoms with E-state index in [1.54, 1.807) is 0 Å². The SMILES string of the molecule is O=C(O)c1ccncc1N1C(=O)C2CC2C1=O. The van der Waals surface area contributed by atoms with E-state index in [2.05, 4.69) is 4.98 Å². The maximum Gasteiger partial charge on any atom is 0.337 e. The highest BCUT2D eigenvalue weighted by molar-refractivity contribution is 6.26. The minimum Gasteiger partial charge on any atom is -0.478 e. The monoisotopic (exact) mass is 232 g/mol. The molecule has 0 bridgehead atoms. The zero-order valence-electron chi connectivity index (χ0n) is 8.66. The van der Waals surface area contributed by atoms with Crippen LogP contribution in [-0.2, 0) is 9.59 Å². The Hall–Kier alpha value is -2.24. The number of carboxylic acids is 1. The second-order valence-corrected chi connectivity index (χ2v) is 4.16. The lowest BCUT2D eigenvalue weighted by molar-refractivity contribution is -0.123. The van der Waals surface area contributed by atoms with Crippen molar-refractivity contribution >= 4 is 23.5 Å². The fraction of sp³-hybridized carbons (Fsp3) is 0.273. The quantitative estimate of drug-likeness (QED) is 0.740. The summed E-state index contributed by atoms with van der Waals surface area (Å²) in [5, 5.41) is 9.00. The third kappa shape index (κ3) is 1.27. The van der Waals surface area contributed by atoms with Crippen molar-refractivity contribution in [3.63, 3.8) is 0 Å². The molecule has 1 aromatic heterocycles. The van der Waals surface area contributed by atoms with Gasteiger partial charge in [0.2, 0.25) is 11.8 Å². The maximum absolute atomic E-state index is 11.8. The Labute approximate surface area is 95.9 Å². The van der Waals surface area contributed by atoms with Crippen molar-refractivity contribution in [3.05, 3.63) is 24.0 Å². The van der Waals surface area contributed by atoms with Crippen LogP contribution >= 0.6 is 0 Å². The fourth-order valence-electron chi connectivity index (χ4n) is 2.16. The van der Waals surface area contributed by atoms with Gasteiger partial charge in [-0.3, -0.25) is 14.6 Å². The van der Waals surface area contributed by atoms with Gasteiger partial charge in [-0.15, -0.1) is 0 Å². The molecule has 1 N–H and O–H groups in total. The normalized spacial score (nSPS) is 26.0. The number of anilines is 1. The minimum atomic E-state index is -1.18. The zero-order valence-corrected chi connectivity index (χ0v) is 8.66. The van der Waals surface area contributed by atoms with Crippen LogP contribution in [0.1, 0.15) is 16.8 Å². The number of carboxylic acid groups (broad SMARTS) is 1. The molecule has 0 radical (unpaired) electrons.